The van der Waals surface area contributed by atoms with Crippen molar-refractivity contribution in [1.82, 2.24) is 0 Å². The molecule has 1 rings (SSSR count). The van der Waals surface area contributed by atoms with Crippen LogP contribution in [0.5, 0.6) is 0 Å². The van der Waals surface area contributed by atoms with Crippen molar-refractivity contribution in [3.63, 3.8) is 0 Å². The zero-order valence-corrected chi connectivity index (χ0v) is 6.62. The maximum Gasteiger partial charge on any atom is 0.147 e. The summed E-state index contributed by atoms with van der Waals surface area (Å²) in [6.07, 6.45) is -0.147. The lowest BCUT2D eigenvalue weighted by molar-refractivity contribution is -0.223. The van der Waals surface area contributed by atoms with Crippen molar-refractivity contribution in [2.75, 3.05) is 26.6 Å². The zero-order chi connectivity index (χ0) is 8.32. The van der Waals surface area contributed by atoms with Gasteiger partial charge >= 0.3 is 0 Å². The molecular weight excluding hydrogens is 148 g/mol. The van der Waals surface area contributed by atoms with E-state index >= 15 is 0 Å². The first kappa shape index (κ1) is 8.93. The van der Waals surface area contributed by atoms with Gasteiger partial charge in [0.05, 0.1) is 31.3 Å². The monoisotopic (exact) mass is 162 g/mol. The topological polar surface area (TPSA) is 58.9 Å². The Morgan fingerprint density at radius 1 is 1.45 bits per heavy atom. The highest BCUT2D eigenvalue weighted by Gasteiger charge is 2.39. The summed E-state index contributed by atoms with van der Waals surface area (Å²) in [5.41, 5.74) is -0.613. The predicted octanol–water partition coefficient (Wildman–Crippen LogP) is -0.650. The summed E-state index contributed by atoms with van der Waals surface area (Å²) in [5.74, 6) is 0. The molecule has 1 unspecified atom stereocenters. The molecule has 1 heterocycles. The van der Waals surface area contributed by atoms with Gasteiger partial charge in [0.25, 0.3) is 0 Å². The molecule has 0 spiro atoms. The SMILES string of the molecule is CC1OCOCC1(CO)CO. The van der Waals surface area contributed by atoms with Crippen LogP contribution in [0.2, 0.25) is 0 Å². The number of rotatable bonds is 2. The maximum atomic E-state index is 8.99. The Morgan fingerprint density at radius 3 is 2.45 bits per heavy atom. The van der Waals surface area contributed by atoms with E-state index in [1.54, 1.807) is 0 Å². The van der Waals surface area contributed by atoms with E-state index in [2.05, 4.69) is 0 Å². The summed E-state index contributed by atoms with van der Waals surface area (Å²) < 4.78 is 10.1. The summed E-state index contributed by atoms with van der Waals surface area (Å²) >= 11 is 0. The van der Waals surface area contributed by atoms with Crippen LogP contribution in [-0.4, -0.2) is 42.9 Å². The standard InChI is InChI=1S/C7H14O4/c1-6-7(2-8,3-9)4-10-5-11-6/h6,8-9H,2-5H2,1H3. The molecule has 1 aliphatic heterocycles. The van der Waals surface area contributed by atoms with Crippen molar-refractivity contribution in [3.8, 4) is 0 Å². The smallest absolute Gasteiger partial charge is 0.147 e. The third-order valence-corrected chi connectivity index (χ3v) is 2.28. The third kappa shape index (κ3) is 1.54. The van der Waals surface area contributed by atoms with E-state index in [1.165, 1.54) is 0 Å². The highest BCUT2D eigenvalue weighted by atomic mass is 16.7. The average molecular weight is 162 g/mol. The van der Waals surface area contributed by atoms with Crippen molar-refractivity contribution in [2.24, 2.45) is 5.41 Å². The predicted molar refractivity (Wildman–Crippen MR) is 38.0 cm³/mol. The quantitative estimate of drug-likeness (QED) is 0.566. The van der Waals surface area contributed by atoms with Crippen LogP contribution in [-0.2, 0) is 9.47 Å². The first-order chi connectivity index (χ1) is 5.25. The molecule has 11 heavy (non-hydrogen) atoms. The van der Waals surface area contributed by atoms with E-state index in [1.807, 2.05) is 6.92 Å². The first-order valence-electron chi connectivity index (χ1n) is 3.66. The molecule has 1 saturated heterocycles. The second-order valence-corrected chi connectivity index (χ2v) is 2.95. The van der Waals surface area contributed by atoms with Crippen molar-refractivity contribution in [3.05, 3.63) is 0 Å². The Kier molecular flexibility index (Phi) is 2.84. The zero-order valence-electron chi connectivity index (χ0n) is 6.62. The molecule has 4 nitrogen and oxygen atoms in total. The molecule has 4 heteroatoms. The van der Waals surface area contributed by atoms with Gasteiger partial charge in [-0.25, -0.2) is 0 Å². The lowest BCUT2D eigenvalue weighted by Crippen LogP contribution is -2.49. The minimum atomic E-state index is -0.613. The number of ether oxygens (including phenoxy) is 2. The van der Waals surface area contributed by atoms with Crippen molar-refractivity contribution in [2.45, 2.75) is 13.0 Å². The summed E-state index contributed by atoms with van der Waals surface area (Å²) in [4.78, 5) is 0. The Bertz CT molecular complexity index is 122. The van der Waals surface area contributed by atoms with Gasteiger partial charge in [0.2, 0.25) is 0 Å². The number of hydrogen-bond acceptors (Lipinski definition) is 4. The largest absolute Gasteiger partial charge is 0.396 e. The summed E-state index contributed by atoms with van der Waals surface area (Å²) in [7, 11) is 0. The molecule has 0 aliphatic carbocycles. The van der Waals surface area contributed by atoms with Gasteiger partial charge in [0.1, 0.15) is 6.79 Å². The van der Waals surface area contributed by atoms with E-state index in [0.717, 1.165) is 0 Å². The third-order valence-electron chi connectivity index (χ3n) is 2.28. The molecule has 2 N–H and O–H groups in total. The molecule has 0 bridgehead atoms. The van der Waals surface area contributed by atoms with E-state index in [-0.39, 0.29) is 26.1 Å². The molecule has 0 saturated carbocycles. The second kappa shape index (κ2) is 3.49. The fourth-order valence-electron chi connectivity index (χ4n) is 1.09. The van der Waals surface area contributed by atoms with Crippen molar-refractivity contribution >= 4 is 0 Å². The van der Waals surface area contributed by atoms with Crippen LogP contribution in [0.3, 0.4) is 0 Å². The van der Waals surface area contributed by atoms with Gasteiger partial charge in [-0.3, -0.25) is 0 Å². The molecule has 1 aliphatic rings. The molecule has 0 radical (unpaired) electrons. The van der Waals surface area contributed by atoms with Crippen LogP contribution in [0.15, 0.2) is 0 Å². The van der Waals surface area contributed by atoms with Crippen LogP contribution >= 0.6 is 0 Å². The maximum absolute atomic E-state index is 8.99. The normalized spacial score (nSPS) is 30.3. The second-order valence-electron chi connectivity index (χ2n) is 2.95. The van der Waals surface area contributed by atoms with Gasteiger partial charge in [-0.2, -0.15) is 0 Å². The number of aliphatic hydroxyl groups excluding tert-OH is 2. The molecule has 1 atom stereocenters. The summed E-state index contributed by atoms with van der Waals surface area (Å²) in [6, 6.07) is 0. The molecule has 0 amide bonds. The highest BCUT2D eigenvalue weighted by molar-refractivity contribution is 4.85. The van der Waals surface area contributed by atoms with Crippen LogP contribution in [0.1, 0.15) is 6.92 Å². The Balaban J connectivity index is 2.61. The summed E-state index contributed by atoms with van der Waals surface area (Å²) in [5, 5.41) is 18.0. The Labute approximate surface area is 65.7 Å². The van der Waals surface area contributed by atoms with Crippen LogP contribution in [0.4, 0.5) is 0 Å². The minimum absolute atomic E-state index is 0.106. The van der Waals surface area contributed by atoms with Crippen molar-refractivity contribution < 1.29 is 19.7 Å². The number of aliphatic hydroxyl groups is 2. The van der Waals surface area contributed by atoms with E-state index in [4.69, 9.17) is 19.7 Å². The van der Waals surface area contributed by atoms with Crippen LogP contribution < -0.4 is 0 Å². The Morgan fingerprint density at radius 2 is 2.09 bits per heavy atom. The lowest BCUT2D eigenvalue weighted by Gasteiger charge is -2.38. The molecule has 0 aromatic carbocycles. The fourth-order valence-corrected chi connectivity index (χ4v) is 1.09. The molecule has 1 fully saturated rings. The van der Waals surface area contributed by atoms with Gasteiger partial charge in [-0.15, -0.1) is 0 Å². The van der Waals surface area contributed by atoms with E-state index < -0.39 is 5.41 Å². The van der Waals surface area contributed by atoms with Gasteiger partial charge in [0.15, 0.2) is 0 Å². The first-order valence-corrected chi connectivity index (χ1v) is 3.66. The fraction of sp³-hybridized carbons (Fsp3) is 1.00. The minimum Gasteiger partial charge on any atom is -0.396 e. The molecule has 66 valence electrons. The van der Waals surface area contributed by atoms with Gasteiger partial charge in [-0.1, -0.05) is 0 Å². The summed E-state index contributed by atoms with van der Waals surface area (Å²) in [6.45, 7) is 2.23. The molecule has 0 aromatic rings. The van der Waals surface area contributed by atoms with Crippen LogP contribution in [0, 0.1) is 5.41 Å². The highest BCUT2D eigenvalue weighted by Crippen LogP contribution is 2.27. The van der Waals surface area contributed by atoms with Gasteiger partial charge < -0.3 is 19.7 Å². The van der Waals surface area contributed by atoms with Crippen LogP contribution in [0.25, 0.3) is 0 Å². The van der Waals surface area contributed by atoms with Crippen molar-refractivity contribution in [1.29, 1.82) is 0 Å². The van der Waals surface area contributed by atoms with E-state index in [0.29, 0.717) is 6.61 Å². The van der Waals surface area contributed by atoms with Gasteiger partial charge in [-0.05, 0) is 6.92 Å². The Hall–Kier alpha value is -0.160. The lowest BCUT2D eigenvalue weighted by atomic mass is 9.85. The van der Waals surface area contributed by atoms with E-state index in [9.17, 15) is 0 Å². The molecular formula is C7H14O4. The average Bonchev–Trinajstić information content (AvgIpc) is 2.06. The molecule has 0 aromatic heterocycles. The number of hydrogen-bond donors (Lipinski definition) is 2. The van der Waals surface area contributed by atoms with Gasteiger partial charge in [0, 0.05) is 0 Å².